The number of para-hydroxylation sites is 6. The third-order valence-corrected chi connectivity index (χ3v) is 14.4. The van der Waals surface area contributed by atoms with Crippen molar-refractivity contribution in [2.75, 3.05) is 0 Å². The maximum absolute atomic E-state index is 11.2. The van der Waals surface area contributed by atoms with Gasteiger partial charge in [-0.15, -0.1) is 0 Å². The molecule has 0 N–H and O–H groups in total. The lowest BCUT2D eigenvalue weighted by atomic mass is 9.88. The molecular weight excluding hydrogens is 913 g/mol. The quantitative estimate of drug-likeness (QED) is 0.107. The largest absolute Gasteiger partial charge is 0.309 e. The third-order valence-electron chi connectivity index (χ3n) is 14.4. The SMILES string of the molecule is [C-]#[N+]c1c(/C=C/c2ccc3c(c2)c2ccccc2n3-c2ccccc2)c(C#N)c(/C=C/c2ccc3c(c2)c2ccccc2n3-c2ccccc2)c(C#N)c1/C=C/c1ccc2c(c1)c1ccccc1n2-c1ccccc1. The topological polar surface area (TPSA) is 66.7 Å². The summed E-state index contributed by atoms with van der Waals surface area (Å²) in [6, 6.07) is 80.3. The Labute approximate surface area is 433 Å². The lowest BCUT2D eigenvalue weighted by Crippen LogP contribution is -1.98. The van der Waals surface area contributed by atoms with Gasteiger partial charge in [0.1, 0.15) is 0 Å². The Bertz CT molecular complexity index is 4160. The van der Waals surface area contributed by atoms with Crippen molar-refractivity contribution < 1.29 is 0 Å². The van der Waals surface area contributed by atoms with Gasteiger partial charge < -0.3 is 13.7 Å². The summed E-state index contributed by atoms with van der Waals surface area (Å²) in [5.74, 6) is 0. The van der Waals surface area contributed by atoms with E-state index in [9.17, 15) is 10.5 Å². The van der Waals surface area contributed by atoms with Crippen LogP contribution in [0.4, 0.5) is 5.69 Å². The smallest absolute Gasteiger partial charge is 0.204 e. The van der Waals surface area contributed by atoms with Gasteiger partial charge in [-0.3, -0.25) is 0 Å². The van der Waals surface area contributed by atoms with Crippen LogP contribution >= 0.6 is 0 Å². The van der Waals surface area contributed by atoms with E-state index in [-0.39, 0.29) is 16.8 Å². The molecule has 13 rings (SSSR count). The molecule has 0 aliphatic carbocycles. The van der Waals surface area contributed by atoms with Gasteiger partial charge in [-0.2, -0.15) is 10.5 Å². The Morgan fingerprint density at radius 2 is 0.613 bits per heavy atom. The van der Waals surface area contributed by atoms with E-state index in [0.717, 1.165) is 99.2 Å². The van der Waals surface area contributed by atoms with Gasteiger partial charge >= 0.3 is 0 Å². The van der Waals surface area contributed by atoms with Crippen molar-refractivity contribution in [3.8, 4) is 29.2 Å². The van der Waals surface area contributed by atoms with Crippen molar-refractivity contribution in [2.24, 2.45) is 0 Å². The van der Waals surface area contributed by atoms with Crippen molar-refractivity contribution in [2.45, 2.75) is 0 Å². The average Bonchev–Trinajstić information content (AvgIpc) is 4.11. The molecule has 10 aromatic carbocycles. The van der Waals surface area contributed by atoms with Crippen molar-refractivity contribution in [3.63, 3.8) is 0 Å². The van der Waals surface area contributed by atoms with Crippen LogP contribution in [0, 0.1) is 29.2 Å². The first-order valence-corrected chi connectivity index (χ1v) is 24.8. The monoisotopic (exact) mass is 954 g/mol. The van der Waals surface area contributed by atoms with Crippen LogP contribution < -0.4 is 0 Å². The number of hydrogen-bond acceptors (Lipinski definition) is 2. The van der Waals surface area contributed by atoms with Crippen molar-refractivity contribution in [1.82, 2.24) is 13.7 Å². The zero-order valence-electron chi connectivity index (χ0n) is 40.4. The van der Waals surface area contributed by atoms with E-state index >= 15 is 0 Å². The van der Waals surface area contributed by atoms with Gasteiger partial charge in [0.2, 0.25) is 5.69 Å². The molecule has 0 aliphatic rings. The Balaban J connectivity index is 0.974. The summed E-state index contributed by atoms with van der Waals surface area (Å²) in [5.41, 5.74) is 14.5. The van der Waals surface area contributed by atoms with Crippen LogP contribution in [0.1, 0.15) is 44.5 Å². The Kier molecular flexibility index (Phi) is 10.9. The summed E-state index contributed by atoms with van der Waals surface area (Å²) < 4.78 is 6.83. The van der Waals surface area contributed by atoms with Gasteiger partial charge in [0.15, 0.2) is 0 Å². The fourth-order valence-corrected chi connectivity index (χ4v) is 11.0. The molecule has 0 amide bonds. The number of fused-ring (bicyclic) bond motifs is 9. The second-order valence-corrected chi connectivity index (χ2v) is 18.6. The first kappa shape index (κ1) is 44.2. The van der Waals surface area contributed by atoms with Crippen molar-refractivity contribution in [1.29, 1.82) is 10.5 Å². The molecular formula is C69H42N6. The van der Waals surface area contributed by atoms with Crippen LogP contribution in [0.3, 0.4) is 0 Å². The minimum atomic E-state index is 0.228. The first-order chi connectivity index (χ1) is 37.1. The van der Waals surface area contributed by atoms with E-state index in [1.807, 2.05) is 91.1 Å². The normalized spacial score (nSPS) is 11.8. The molecule has 0 saturated carbocycles. The van der Waals surface area contributed by atoms with Crippen LogP contribution in [-0.2, 0) is 0 Å². The van der Waals surface area contributed by atoms with E-state index in [1.54, 1.807) is 0 Å². The number of hydrogen-bond donors (Lipinski definition) is 0. The molecule has 0 unspecified atom stereocenters. The number of aromatic nitrogens is 3. The minimum Gasteiger partial charge on any atom is -0.309 e. The third kappa shape index (κ3) is 7.48. The van der Waals surface area contributed by atoms with E-state index in [4.69, 9.17) is 6.57 Å². The predicted octanol–water partition coefficient (Wildman–Crippen LogP) is 17.8. The molecule has 3 heterocycles. The average molecular weight is 955 g/mol. The Morgan fingerprint density at radius 1 is 0.320 bits per heavy atom. The van der Waals surface area contributed by atoms with E-state index in [0.29, 0.717) is 16.7 Å². The first-order valence-electron chi connectivity index (χ1n) is 24.8. The van der Waals surface area contributed by atoms with E-state index < -0.39 is 0 Å². The zero-order valence-corrected chi connectivity index (χ0v) is 40.4. The maximum Gasteiger partial charge on any atom is 0.204 e. The molecule has 0 bridgehead atoms. The number of nitriles is 2. The fraction of sp³-hybridized carbons (Fsp3) is 0. The molecule has 0 fully saturated rings. The van der Waals surface area contributed by atoms with Crippen LogP contribution in [0.25, 0.3) is 124 Å². The van der Waals surface area contributed by atoms with Gasteiger partial charge in [0, 0.05) is 54.9 Å². The van der Waals surface area contributed by atoms with Gasteiger partial charge in [-0.25, -0.2) is 4.85 Å². The molecule has 0 saturated heterocycles. The van der Waals surface area contributed by atoms with Crippen molar-refractivity contribution >= 4 is 108 Å². The number of nitrogens with zero attached hydrogens (tertiary/aromatic N) is 6. The van der Waals surface area contributed by atoms with E-state index in [1.165, 1.54) is 0 Å². The lowest BCUT2D eigenvalue weighted by Gasteiger charge is -2.14. The molecule has 13 aromatic rings. The van der Waals surface area contributed by atoms with Crippen LogP contribution in [0.2, 0.25) is 0 Å². The highest BCUT2D eigenvalue weighted by Gasteiger charge is 2.22. The number of rotatable bonds is 9. The highest BCUT2D eigenvalue weighted by molar-refractivity contribution is 6.12. The highest BCUT2D eigenvalue weighted by atomic mass is 15.0. The fourth-order valence-electron chi connectivity index (χ4n) is 11.0. The van der Waals surface area contributed by atoms with Crippen LogP contribution in [-0.4, -0.2) is 13.7 Å². The predicted molar refractivity (Wildman–Crippen MR) is 311 cm³/mol. The molecule has 348 valence electrons. The number of benzene rings is 10. The minimum absolute atomic E-state index is 0.228. The standard InChI is InChI=1S/C69H42N6/c1-72-69-56(36-30-47-33-39-67-59(42-47)54-24-12-15-27-64(54)74(67)50-19-7-3-8-20-50)61(44-70)52(35-29-46-32-38-66-58(41-46)53-23-11-14-26-63(53)73(66)49-17-5-2-6-18-49)62(45-71)57(69)37-31-48-34-40-68-60(43-48)55-25-13-16-28-65(55)75(68)51-21-9-4-10-22-51/h2-43H/b35-29+,36-30+,37-31+. The van der Waals surface area contributed by atoms with Crippen molar-refractivity contribution in [3.05, 3.63) is 274 Å². The molecule has 3 aromatic heterocycles. The molecule has 0 spiro atoms. The molecule has 6 nitrogen and oxygen atoms in total. The summed E-state index contributed by atoms with van der Waals surface area (Å²) in [6.07, 6.45) is 11.5. The van der Waals surface area contributed by atoms with Gasteiger partial charge in [-0.05, 0) is 119 Å². The lowest BCUT2D eigenvalue weighted by molar-refractivity contribution is 1.18. The Hall–Kier alpha value is -10.7. The van der Waals surface area contributed by atoms with E-state index in [2.05, 4.69) is 194 Å². The molecule has 0 radical (unpaired) electrons. The van der Waals surface area contributed by atoms with Crippen LogP contribution in [0.15, 0.2) is 218 Å². The van der Waals surface area contributed by atoms with Gasteiger partial charge in [0.25, 0.3) is 0 Å². The molecule has 0 aliphatic heterocycles. The molecule has 75 heavy (non-hydrogen) atoms. The van der Waals surface area contributed by atoms with Crippen LogP contribution in [0.5, 0.6) is 0 Å². The molecule has 0 atom stereocenters. The second kappa shape index (κ2) is 18.5. The second-order valence-electron chi connectivity index (χ2n) is 18.6. The van der Waals surface area contributed by atoms with Gasteiger partial charge in [-0.1, -0.05) is 164 Å². The zero-order chi connectivity index (χ0) is 50.4. The Morgan fingerprint density at radius 3 is 0.933 bits per heavy atom. The van der Waals surface area contributed by atoms with Gasteiger partial charge in [0.05, 0.1) is 62.9 Å². The maximum atomic E-state index is 11.2. The highest BCUT2D eigenvalue weighted by Crippen LogP contribution is 2.41. The molecule has 6 heteroatoms. The summed E-state index contributed by atoms with van der Waals surface area (Å²) in [7, 11) is 0. The summed E-state index contributed by atoms with van der Waals surface area (Å²) in [5, 5.41) is 29.0. The summed E-state index contributed by atoms with van der Waals surface area (Å²) >= 11 is 0. The summed E-state index contributed by atoms with van der Waals surface area (Å²) in [6.45, 7) is 8.73. The summed E-state index contributed by atoms with van der Waals surface area (Å²) in [4.78, 5) is 4.13.